The Hall–Kier alpha value is -0.370. The lowest BCUT2D eigenvalue weighted by Crippen LogP contribution is -2.40. The van der Waals surface area contributed by atoms with E-state index in [1.165, 1.54) is 6.42 Å². The van der Waals surface area contributed by atoms with E-state index < -0.39 is 0 Å². The zero-order valence-corrected chi connectivity index (χ0v) is 9.51. The van der Waals surface area contributed by atoms with E-state index >= 15 is 0 Å². The van der Waals surface area contributed by atoms with Crippen molar-refractivity contribution in [2.75, 3.05) is 6.54 Å². The maximum Gasteiger partial charge on any atom is 0.136 e. The molecule has 82 valence electrons. The van der Waals surface area contributed by atoms with Gasteiger partial charge in [0.05, 0.1) is 0 Å². The van der Waals surface area contributed by atoms with E-state index in [0.717, 1.165) is 32.1 Å². The van der Waals surface area contributed by atoms with E-state index in [0.29, 0.717) is 12.3 Å². The zero-order chi connectivity index (χ0) is 10.6. The normalized spacial score (nSPS) is 19.4. The Labute approximate surface area is 87.2 Å². The van der Waals surface area contributed by atoms with Crippen molar-refractivity contribution < 1.29 is 4.79 Å². The quantitative estimate of drug-likeness (QED) is 0.711. The highest BCUT2D eigenvalue weighted by Crippen LogP contribution is 2.43. The molecule has 0 saturated heterocycles. The smallest absolute Gasteiger partial charge is 0.136 e. The molecule has 2 heteroatoms. The first-order valence-electron chi connectivity index (χ1n) is 5.90. The van der Waals surface area contributed by atoms with Gasteiger partial charge in [-0.1, -0.05) is 20.3 Å². The van der Waals surface area contributed by atoms with Gasteiger partial charge in [-0.25, -0.2) is 0 Å². The number of Topliss-reactive ketones (excluding diaryl/α,β-unsaturated/α-hetero) is 1. The lowest BCUT2D eigenvalue weighted by molar-refractivity contribution is -0.126. The minimum atomic E-state index is 0.194. The summed E-state index contributed by atoms with van der Waals surface area (Å²) in [6.45, 7) is 4.89. The second-order valence-electron chi connectivity index (χ2n) is 4.71. The lowest BCUT2D eigenvalue weighted by Gasteiger charge is -2.41. The Morgan fingerprint density at radius 1 is 1.36 bits per heavy atom. The number of hydrogen-bond acceptors (Lipinski definition) is 2. The van der Waals surface area contributed by atoms with Crippen LogP contribution >= 0.6 is 0 Å². The molecule has 1 rings (SSSR count). The van der Waals surface area contributed by atoms with Crippen molar-refractivity contribution >= 4 is 5.78 Å². The molecule has 0 aliphatic heterocycles. The van der Waals surface area contributed by atoms with E-state index in [4.69, 9.17) is 5.73 Å². The van der Waals surface area contributed by atoms with Crippen LogP contribution in [0.25, 0.3) is 0 Å². The number of ketones is 1. The van der Waals surface area contributed by atoms with Gasteiger partial charge < -0.3 is 5.73 Å². The van der Waals surface area contributed by atoms with Crippen LogP contribution in [0.2, 0.25) is 0 Å². The summed E-state index contributed by atoms with van der Waals surface area (Å²) in [4.78, 5) is 11.9. The molecule has 0 aromatic rings. The van der Waals surface area contributed by atoms with Gasteiger partial charge in [-0.15, -0.1) is 0 Å². The number of nitrogens with two attached hydrogens (primary N) is 1. The van der Waals surface area contributed by atoms with Crippen LogP contribution in [-0.4, -0.2) is 12.3 Å². The number of carbonyl (C=O) groups excluding carboxylic acids is 1. The monoisotopic (exact) mass is 197 g/mol. The molecule has 1 aliphatic rings. The summed E-state index contributed by atoms with van der Waals surface area (Å²) in [7, 11) is 0. The van der Waals surface area contributed by atoms with Gasteiger partial charge in [0.25, 0.3) is 0 Å². The van der Waals surface area contributed by atoms with E-state index in [9.17, 15) is 4.79 Å². The Kier molecular flexibility index (Phi) is 4.11. The zero-order valence-electron chi connectivity index (χ0n) is 9.51. The van der Waals surface area contributed by atoms with Crippen molar-refractivity contribution in [1.82, 2.24) is 0 Å². The minimum absolute atomic E-state index is 0.194. The molecule has 14 heavy (non-hydrogen) atoms. The third-order valence-electron chi connectivity index (χ3n) is 3.84. The van der Waals surface area contributed by atoms with Gasteiger partial charge in [0.2, 0.25) is 0 Å². The average Bonchev–Trinajstić information content (AvgIpc) is 2.13. The predicted octanol–water partition coefficient (Wildman–Crippen LogP) is 2.51. The second-order valence-corrected chi connectivity index (χ2v) is 4.71. The van der Waals surface area contributed by atoms with Gasteiger partial charge in [-0.05, 0) is 37.6 Å². The van der Waals surface area contributed by atoms with Crippen molar-refractivity contribution in [3.05, 3.63) is 0 Å². The molecule has 0 unspecified atom stereocenters. The van der Waals surface area contributed by atoms with Crippen LogP contribution in [0.3, 0.4) is 0 Å². The molecule has 2 N–H and O–H groups in total. The summed E-state index contributed by atoms with van der Waals surface area (Å²) in [6.07, 6.45) is 6.28. The van der Waals surface area contributed by atoms with Crippen LogP contribution in [0.5, 0.6) is 0 Å². The molecule has 0 aromatic carbocycles. The molecule has 0 radical (unpaired) electrons. The second kappa shape index (κ2) is 4.92. The first kappa shape index (κ1) is 11.7. The van der Waals surface area contributed by atoms with Crippen LogP contribution in [0, 0.1) is 11.3 Å². The fraction of sp³-hybridized carbons (Fsp3) is 0.917. The van der Waals surface area contributed by atoms with Gasteiger partial charge >= 0.3 is 0 Å². The fourth-order valence-electron chi connectivity index (χ4n) is 2.39. The SMILES string of the molecule is CCC(CC)C(=O)CC1(CN)CCC1. The van der Waals surface area contributed by atoms with E-state index in [2.05, 4.69) is 13.8 Å². The average molecular weight is 197 g/mol. The minimum Gasteiger partial charge on any atom is -0.330 e. The van der Waals surface area contributed by atoms with Crippen molar-refractivity contribution in [3.8, 4) is 0 Å². The Morgan fingerprint density at radius 3 is 2.21 bits per heavy atom. The Balaban J connectivity index is 2.46. The highest BCUT2D eigenvalue weighted by molar-refractivity contribution is 5.81. The summed E-state index contributed by atoms with van der Waals surface area (Å²) >= 11 is 0. The van der Waals surface area contributed by atoms with Crippen molar-refractivity contribution in [2.45, 2.75) is 52.4 Å². The molecule has 0 aromatic heterocycles. The van der Waals surface area contributed by atoms with Crippen LogP contribution in [-0.2, 0) is 4.79 Å². The Bertz CT molecular complexity index is 187. The molecule has 0 spiro atoms. The van der Waals surface area contributed by atoms with Crippen LogP contribution < -0.4 is 5.73 Å². The Morgan fingerprint density at radius 2 is 1.93 bits per heavy atom. The number of hydrogen-bond donors (Lipinski definition) is 1. The molecule has 0 heterocycles. The lowest BCUT2D eigenvalue weighted by atomic mass is 9.65. The molecular formula is C12H23NO. The predicted molar refractivity (Wildman–Crippen MR) is 59.0 cm³/mol. The van der Waals surface area contributed by atoms with Crippen molar-refractivity contribution in [2.24, 2.45) is 17.1 Å². The van der Waals surface area contributed by atoms with E-state index in [1.54, 1.807) is 0 Å². The molecule has 1 fully saturated rings. The highest BCUT2D eigenvalue weighted by atomic mass is 16.1. The third kappa shape index (κ3) is 2.35. The summed E-state index contributed by atoms with van der Waals surface area (Å²) in [5, 5.41) is 0. The van der Waals surface area contributed by atoms with Crippen molar-refractivity contribution in [3.63, 3.8) is 0 Å². The summed E-state index contributed by atoms with van der Waals surface area (Å²) < 4.78 is 0. The fourth-order valence-corrected chi connectivity index (χ4v) is 2.39. The van der Waals surface area contributed by atoms with Crippen LogP contribution in [0.15, 0.2) is 0 Å². The molecule has 2 nitrogen and oxygen atoms in total. The largest absolute Gasteiger partial charge is 0.330 e. The van der Waals surface area contributed by atoms with Crippen LogP contribution in [0.1, 0.15) is 52.4 Å². The topological polar surface area (TPSA) is 43.1 Å². The number of rotatable bonds is 6. The van der Waals surface area contributed by atoms with E-state index in [1.807, 2.05) is 0 Å². The molecule has 1 aliphatic carbocycles. The summed E-state index contributed by atoms with van der Waals surface area (Å²) in [5.41, 5.74) is 5.94. The van der Waals surface area contributed by atoms with Gasteiger partial charge in [-0.3, -0.25) is 4.79 Å². The molecule has 0 bridgehead atoms. The van der Waals surface area contributed by atoms with Crippen molar-refractivity contribution in [1.29, 1.82) is 0 Å². The van der Waals surface area contributed by atoms with Gasteiger partial charge in [0, 0.05) is 12.3 Å². The van der Waals surface area contributed by atoms with Gasteiger partial charge in [-0.2, -0.15) is 0 Å². The summed E-state index contributed by atoms with van der Waals surface area (Å²) in [5.74, 6) is 0.721. The van der Waals surface area contributed by atoms with E-state index in [-0.39, 0.29) is 11.3 Å². The molecule has 0 amide bonds. The maximum atomic E-state index is 11.9. The standard InChI is InChI=1S/C12H23NO/c1-3-10(4-2)11(14)8-12(9-13)6-5-7-12/h10H,3-9,13H2,1-2H3. The molecular weight excluding hydrogens is 174 g/mol. The first-order chi connectivity index (χ1) is 6.67. The number of carbonyl (C=O) groups is 1. The first-order valence-corrected chi connectivity index (χ1v) is 5.90. The molecule has 1 saturated carbocycles. The van der Waals surface area contributed by atoms with Gasteiger partial charge in [0.1, 0.15) is 5.78 Å². The van der Waals surface area contributed by atoms with Crippen LogP contribution in [0.4, 0.5) is 0 Å². The third-order valence-corrected chi connectivity index (χ3v) is 3.84. The van der Waals surface area contributed by atoms with Gasteiger partial charge in [0.15, 0.2) is 0 Å². The highest BCUT2D eigenvalue weighted by Gasteiger charge is 2.38. The maximum absolute atomic E-state index is 11.9. The summed E-state index contributed by atoms with van der Waals surface area (Å²) in [6, 6.07) is 0. The molecule has 0 atom stereocenters.